The van der Waals surface area contributed by atoms with E-state index >= 15 is 0 Å². The summed E-state index contributed by atoms with van der Waals surface area (Å²) >= 11 is 0. The molecule has 0 fully saturated rings. The molecular formula is C28H29N3O3. The van der Waals surface area contributed by atoms with Gasteiger partial charge in [-0.15, -0.1) is 0 Å². The number of carbonyl (C=O) groups excluding carboxylic acids is 1. The summed E-state index contributed by atoms with van der Waals surface area (Å²) in [6, 6.07) is 20.5. The number of carboxylic acids is 1. The van der Waals surface area contributed by atoms with Crippen molar-refractivity contribution in [1.82, 2.24) is 14.9 Å². The van der Waals surface area contributed by atoms with Crippen molar-refractivity contribution < 1.29 is 14.7 Å². The number of amides is 1. The van der Waals surface area contributed by atoms with Crippen LogP contribution in [0.15, 0.2) is 73.1 Å². The van der Waals surface area contributed by atoms with Crippen LogP contribution < -0.4 is 5.32 Å². The molecule has 0 spiro atoms. The van der Waals surface area contributed by atoms with E-state index in [1.54, 1.807) is 18.5 Å². The fraction of sp³-hybridized carbons (Fsp3) is 0.250. The first-order chi connectivity index (χ1) is 16.3. The van der Waals surface area contributed by atoms with Crippen LogP contribution in [0.1, 0.15) is 53.5 Å². The highest BCUT2D eigenvalue weighted by Gasteiger charge is 2.14. The second kappa shape index (κ2) is 9.91. The minimum Gasteiger partial charge on any atom is -0.478 e. The van der Waals surface area contributed by atoms with Crippen LogP contribution in [0.3, 0.4) is 0 Å². The van der Waals surface area contributed by atoms with E-state index in [1.165, 1.54) is 0 Å². The van der Waals surface area contributed by atoms with Gasteiger partial charge in [0, 0.05) is 18.2 Å². The molecule has 1 heterocycles. The topological polar surface area (TPSA) is 84.2 Å². The van der Waals surface area contributed by atoms with Crippen LogP contribution in [0.25, 0.3) is 22.2 Å². The lowest BCUT2D eigenvalue weighted by Crippen LogP contribution is -2.33. The summed E-state index contributed by atoms with van der Waals surface area (Å²) in [7, 11) is 0. The molecule has 0 radical (unpaired) electrons. The maximum Gasteiger partial charge on any atom is 0.336 e. The van der Waals surface area contributed by atoms with Crippen molar-refractivity contribution >= 4 is 22.9 Å². The highest BCUT2D eigenvalue weighted by atomic mass is 16.4. The molecule has 2 N–H and O–H groups in total. The molecule has 0 aliphatic heterocycles. The van der Waals surface area contributed by atoms with Crippen molar-refractivity contribution in [3.63, 3.8) is 0 Å². The molecule has 34 heavy (non-hydrogen) atoms. The van der Waals surface area contributed by atoms with Gasteiger partial charge < -0.3 is 15.0 Å². The van der Waals surface area contributed by atoms with Gasteiger partial charge >= 0.3 is 5.97 Å². The van der Waals surface area contributed by atoms with Gasteiger partial charge in [-0.05, 0) is 60.2 Å². The maximum atomic E-state index is 12.7. The van der Waals surface area contributed by atoms with Gasteiger partial charge in [0.15, 0.2) is 0 Å². The number of nitrogens with one attached hydrogen (secondary N) is 1. The number of carboxylic acid groups (broad SMARTS) is 1. The lowest BCUT2D eigenvalue weighted by molar-refractivity contribution is 0.0697. The largest absolute Gasteiger partial charge is 0.478 e. The number of carbonyl (C=O) groups is 2. The quantitative estimate of drug-likeness (QED) is 0.361. The van der Waals surface area contributed by atoms with Gasteiger partial charge in [-0.3, -0.25) is 4.79 Å². The van der Waals surface area contributed by atoms with Gasteiger partial charge in [0.2, 0.25) is 0 Å². The fourth-order valence-electron chi connectivity index (χ4n) is 4.30. The number of aromatic nitrogens is 2. The molecule has 6 heteroatoms. The summed E-state index contributed by atoms with van der Waals surface area (Å²) in [6.07, 6.45) is 2.71. The first kappa shape index (κ1) is 23.2. The highest BCUT2D eigenvalue weighted by Crippen LogP contribution is 2.25. The van der Waals surface area contributed by atoms with Crippen molar-refractivity contribution in [2.75, 3.05) is 0 Å². The molecule has 0 aliphatic rings. The monoisotopic (exact) mass is 455 g/mol. The zero-order chi connectivity index (χ0) is 24.2. The molecule has 1 atom stereocenters. The lowest BCUT2D eigenvalue weighted by Gasteiger charge is -2.16. The Kier molecular flexibility index (Phi) is 6.77. The van der Waals surface area contributed by atoms with E-state index in [-0.39, 0.29) is 17.5 Å². The van der Waals surface area contributed by atoms with E-state index in [4.69, 9.17) is 0 Å². The van der Waals surface area contributed by atoms with E-state index in [1.807, 2.05) is 66.1 Å². The number of fused-ring (bicyclic) bond motifs is 1. The average Bonchev–Trinajstić information content (AvgIpc) is 3.21. The van der Waals surface area contributed by atoms with Crippen LogP contribution in [0.4, 0.5) is 0 Å². The molecule has 1 aromatic heterocycles. The number of imidazole rings is 1. The second-order valence-electron chi connectivity index (χ2n) is 9.13. The predicted octanol–water partition coefficient (Wildman–Crippen LogP) is 5.61. The van der Waals surface area contributed by atoms with E-state index in [9.17, 15) is 14.7 Å². The third-order valence-corrected chi connectivity index (χ3v) is 5.86. The summed E-state index contributed by atoms with van der Waals surface area (Å²) in [5.74, 6) is -0.504. The molecule has 4 rings (SSSR count). The molecule has 6 nitrogen and oxygen atoms in total. The minimum absolute atomic E-state index is 0.0794. The number of rotatable bonds is 8. The Bertz CT molecular complexity index is 1320. The van der Waals surface area contributed by atoms with Crippen LogP contribution in [0.2, 0.25) is 0 Å². The van der Waals surface area contributed by atoms with E-state index in [0.29, 0.717) is 23.6 Å². The molecular weight excluding hydrogens is 426 g/mol. The molecule has 174 valence electrons. The number of hydrogen-bond donors (Lipinski definition) is 2. The average molecular weight is 456 g/mol. The molecule has 4 aromatic rings. The smallest absolute Gasteiger partial charge is 0.336 e. The highest BCUT2D eigenvalue weighted by molar-refractivity contribution is 5.97. The Hall–Kier alpha value is -3.93. The number of hydrogen-bond acceptors (Lipinski definition) is 3. The summed E-state index contributed by atoms with van der Waals surface area (Å²) in [5, 5.41) is 12.5. The Morgan fingerprint density at radius 1 is 1.00 bits per heavy atom. The van der Waals surface area contributed by atoms with Crippen molar-refractivity contribution in [2.45, 2.75) is 39.8 Å². The number of nitrogens with zero attached hydrogens (tertiary/aromatic N) is 2. The first-order valence-electron chi connectivity index (χ1n) is 11.5. The van der Waals surface area contributed by atoms with Crippen LogP contribution in [0.5, 0.6) is 0 Å². The Balaban J connectivity index is 1.54. The van der Waals surface area contributed by atoms with Gasteiger partial charge in [-0.25, -0.2) is 9.78 Å². The predicted molar refractivity (Wildman–Crippen MR) is 134 cm³/mol. The zero-order valence-electron chi connectivity index (χ0n) is 19.7. The van der Waals surface area contributed by atoms with E-state index in [2.05, 4.69) is 24.1 Å². The SMILES string of the molecule is CC(C)CC(C)NC(=O)c1ccc2ncn(Cc3ccc(-c4ccccc4C(=O)O)cc3)c2c1. The van der Waals surface area contributed by atoms with Crippen LogP contribution >= 0.6 is 0 Å². The molecule has 1 unspecified atom stereocenters. The van der Waals surface area contributed by atoms with E-state index in [0.717, 1.165) is 28.6 Å². The van der Waals surface area contributed by atoms with Gasteiger partial charge in [0.05, 0.1) is 22.9 Å². The van der Waals surface area contributed by atoms with Crippen LogP contribution in [-0.4, -0.2) is 32.6 Å². The Labute approximate surface area is 199 Å². The molecule has 0 saturated carbocycles. The van der Waals surface area contributed by atoms with Gasteiger partial charge in [0.1, 0.15) is 0 Å². The van der Waals surface area contributed by atoms with Gasteiger partial charge in [-0.2, -0.15) is 0 Å². The van der Waals surface area contributed by atoms with Crippen LogP contribution in [-0.2, 0) is 6.54 Å². The van der Waals surface area contributed by atoms with Crippen molar-refractivity contribution in [1.29, 1.82) is 0 Å². The zero-order valence-corrected chi connectivity index (χ0v) is 19.7. The van der Waals surface area contributed by atoms with Gasteiger partial charge in [-0.1, -0.05) is 56.3 Å². The van der Waals surface area contributed by atoms with Crippen molar-refractivity contribution in [3.05, 3.63) is 89.7 Å². The third-order valence-electron chi connectivity index (χ3n) is 5.86. The van der Waals surface area contributed by atoms with Crippen molar-refractivity contribution in [3.8, 4) is 11.1 Å². The summed E-state index contributed by atoms with van der Waals surface area (Å²) in [6.45, 7) is 6.90. The number of aromatic carboxylic acids is 1. The summed E-state index contributed by atoms with van der Waals surface area (Å²) < 4.78 is 2.02. The van der Waals surface area contributed by atoms with Gasteiger partial charge in [0.25, 0.3) is 5.91 Å². The molecule has 0 saturated heterocycles. The number of benzene rings is 3. The van der Waals surface area contributed by atoms with Crippen LogP contribution in [0, 0.1) is 5.92 Å². The Morgan fingerprint density at radius 3 is 2.44 bits per heavy atom. The normalized spacial score (nSPS) is 12.1. The fourth-order valence-corrected chi connectivity index (χ4v) is 4.30. The standard InChI is InChI=1S/C28H29N3O3/c1-18(2)14-19(3)30-27(32)22-12-13-25-26(15-22)31(17-29-25)16-20-8-10-21(11-9-20)23-6-4-5-7-24(23)28(33)34/h4-13,15,17-19H,14,16H2,1-3H3,(H,30,32)(H,33,34). The van der Waals surface area contributed by atoms with E-state index < -0.39 is 5.97 Å². The summed E-state index contributed by atoms with van der Waals surface area (Å²) in [5.41, 5.74) is 5.22. The summed E-state index contributed by atoms with van der Waals surface area (Å²) in [4.78, 5) is 28.8. The Morgan fingerprint density at radius 2 is 1.74 bits per heavy atom. The minimum atomic E-state index is -0.942. The molecule has 0 bridgehead atoms. The third kappa shape index (κ3) is 5.17. The molecule has 0 aliphatic carbocycles. The molecule has 3 aromatic carbocycles. The second-order valence-corrected chi connectivity index (χ2v) is 9.13. The first-order valence-corrected chi connectivity index (χ1v) is 11.5. The lowest BCUT2D eigenvalue weighted by atomic mass is 9.99. The molecule has 1 amide bonds. The maximum absolute atomic E-state index is 12.7. The van der Waals surface area contributed by atoms with Crippen molar-refractivity contribution in [2.24, 2.45) is 5.92 Å².